The molecular formula is C28H27N5OS. The third-order valence-electron chi connectivity index (χ3n) is 6.30. The Morgan fingerprint density at radius 3 is 2.54 bits per heavy atom. The molecule has 2 aromatic carbocycles. The maximum absolute atomic E-state index is 11.9. The van der Waals surface area contributed by atoms with Crippen molar-refractivity contribution in [3.63, 3.8) is 0 Å². The van der Waals surface area contributed by atoms with Crippen LogP contribution in [0.5, 0.6) is 0 Å². The van der Waals surface area contributed by atoms with Crippen LogP contribution in [0.3, 0.4) is 0 Å². The highest BCUT2D eigenvalue weighted by Gasteiger charge is 2.42. The Morgan fingerprint density at radius 1 is 1.03 bits per heavy atom. The minimum Gasteiger partial charge on any atom is -0.351 e. The first-order chi connectivity index (χ1) is 17.1. The number of hydrogen-bond donors (Lipinski definition) is 2. The molecule has 0 unspecified atom stereocenters. The summed E-state index contributed by atoms with van der Waals surface area (Å²) in [6.45, 7) is 3.84. The van der Waals surface area contributed by atoms with Gasteiger partial charge < -0.3 is 20.1 Å². The zero-order chi connectivity index (χ0) is 24.4. The molecule has 5 rings (SSSR count). The van der Waals surface area contributed by atoms with Gasteiger partial charge in [0.05, 0.1) is 11.7 Å². The van der Waals surface area contributed by atoms with Crippen molar-refractivity contribution in [3.05, 3.63) is 108 Å². The maximum atomic E-state index is 11.9. The third-order valence-corrected chi connectivity index (χ3v) is 6.61. The van der Waals surface area contributed by atoms with Gasteiger partial charge in [0.2, 0.25) is 5.91 Å². The van der Waals surface area contributed by atoms with Gasteiger partial charge in [-0.3, -0.25) is 9.78 Å². The summed E-state index contributed by atoms with van der Waals surface area (Å²) in [7, 11) is 0. The molecule has 2 aromatic heterocycles. The summed E-state index contributed by atoms with van der Waals surface area (Å²) in [5.41, 5.74) is 5.85. The van der Waals surface area contributed by atoms with E-state index < -0.39 is 0 Å². The van der Waals surface area contributed by atoms with E-state index in [4.69, 9.17) is 12.2 Å². The van der Waals surface area contributed by atoms with E-state index >= 15 is 0 Å². The predicted molar refractivity (Wildman–Crippen MR) is 144 cm³/mol. The monoisotopic (exact) mass is 481 g/mol. The standard InChI is InChI=1S/C28H27N5OS/c1-3-25(34)30-22-15-14-21(18-19(22)2)33-27(26(31-28(33)35)23-12-7-8-16-29-23)24-13-9-17-32(24)20-10-5-4-6-11-20/h4-18,26-27H,3H2,1-2H3,(H,30,34)(H,31,35)/t26-,27-/m1/s1. The number of nitrogens with zero attached hydrogens (tertiary/aromatic N) is 3. The number of rotatable bonds is 6. The van der Waals surface area contributed by atoms with E-state index in [9.17, 15) is 4.79 Å². The quantitative estimate of drug-likeness (QED) is 0.346. The number of pyridine rings is 1. The van der Waals surface area contributed by atoms with Crippen LogP contribution in [-0.2, 0) is 4.79 Å². The molecule has 1 aliphatic heterocycles. The van der Waals surface area contributed by atoms with Gasteiger partial charge in [-0.05, 0) is 79.3 Å². The molecule has 6 nitrogen and oxygen atoms in total. The summed E-state index contributed by atoms with van der Waals surface area (Å²) < 4.78 is 2.20. The molecule has 0 bridgehead atoms. The van der Waals surface area contributed by atoms with Crippen molar-refractivity contribution in [1.29, 1.82) is 0 Å². The summed E-state index contributed by atoms with van der Waals surface area (Å²) in [6.07, 6.45) is 4.32. The van der Waals surface area contributed by atoms with E-state index in [1.165, 1.54) is 0 Å². The molecule has 0 aliphatic carbocycles. The van der Waals surface area contributed by atoms with E-state index in [2.05, 4.69) is 61.6 Å². The molecule has 35 heavy (non-hydrogen) atoms. The number of aromatic nitrogens is 2. The number of para-hydroxylation sites is 1. The largest absolute Gasteiger partial charge is 0.351 e. The zero-order valence-electron chi connectivity index (χ0n) is 19.7. The van der Waals surface area contributed by atoms with Gasteiger partial charge in [-0.15, -0.1) is 0 Å². The van der Waals surface area contributed by atoms with Gasteiger partial charge in [-0.25, -0.2) is 0 Å². The molecule has 0 spiro atoms. The van der Waals surface area contributed by atoms with Crippen LogP contribution in [0.4, 0.5) is 11.4 Å². The van der Waals surface area contributed by atoms with E-state index in [1.807, 2.05) is 68.6 Å². The van der Waals surface area contributed by atoms with Gasteiger partial charge in [0.15, 0.2) is 5.11 Å². The van der Waals surface area contributed by atoms with Crippen molar-refractivity contribution in [2.24, 2.45) is 0 Å². The van der Waals surface area contributed by atoms with E-state index in [1.54, 1.807) is 0 Å². The number of hydrogen-bond acceptors (Lipinski definition) is 3. The fraction of sp³-hybridized carbons (Fsp3) is 0.179. The van der Waals surface area contributed by atoms with Gasteiger partial charge >= 0.3 is 0 Å². The van der Waals surface area contributed by atoms with Crippen LogP contribution in [-0.4, -0.2) is 20.6 Å². The fourth-order valence-electron chi connectivity index (χ4n) is 4.57. The highest BCUT2D eigenvalue weighted by Crippen LogP contribution is 2.42. The second-order valence-electron chi connectivity index (χ2n) is 8.54. The Hall–Kier alpha value is -3.97. The van der Waals surface area contributed by atoms with Crippen molar-refractivity contribution >= 4 is 34.6 Å². The Kier molecular flexibility index (Phi) is 6.33. The van der Waals surface area contributed by atoms with E-state index in [0.29, 0.717) is 11.5 Å². The predicted octanol–water partition coefficient (Wildman–Crippen LogP) is 5.71. The first-order valence-corrected chi connectivity index (χ1v) is 12.1. The highest BCUT2D eigenvalue weighted by molar-refractivity contribution is 7.80. The summed E-state index contributed by atoms with van der Waals surface area (Å²) in [5.74, 6) is -0.00649. The normalized spacial score (nSPS) is 17.3. The molecule has 4 aromatic rings. The Balaban J connectivity index is 1.61. The van der Waals surface area contributed by atoms with Crippen molar-refractivity contribution < 1.29 is 4.79 Å². The lowest BCUT2D eigenvalue weighted by Crippen LogP contribution is -2.30. The SMILES string of the molecule is CCC(=O)Nc1ccc(N2C(=S)N[C@H](c3ccccn3)[C@H]2c2cccn2-c2ccccc2)cc1C. The number of anilines is 2. The second-order valence-corrected chi connectivity index (χ2v) is 8.92. The summed E-state index contributed by atoms with van der Waals surface area (Å²) in [6, 6.07) is 26.2. The number of nitrogens with one attached hydrogen (secondary N) is 2. The topological polar surface area (TPSA) is 62.2 Å². The summed E-state index contributed by atoms with van der Waals surface area (Å²) >= 11 is 5.88. The number of aryl methyl sites for hydroxylation is 1. The molecule has 2 atom stereocenters. The lowest BCUT2D eigenvalue weighted by atomic mass is 10.00. The average molecular weight is 482 g/mol. The van der Waals surface area contributed by atoms with E-state index in [-0.39, 0.29) is 18.0 Å². The second kappa shape index (κ2) is 9.72. The molecular weight excluding hydrogens is 454 g/mol. The summed E-state index contributed by atoms with van der Waals surface area (Å²) in [4.78, 5) is 18.8. The van der Waals surface area contributed by atoms with Gasteiger partial charge in [-0.1, -0.05) is 31.2 Å². The Bertz CT molecular complexity index is 1350. The number of amides is 1. The molecule has 2 N–H and O–H groups in total. The van der Waals surface area contributed by atoms with Crippen LogP contribution in [0.15, 0.2) is 91.3 Å². The number of benzene rings is 2. The molecule has 1 saturated heterocycles. The first kappa shape index (κ1) is 22.8. The molecule has 7 heteroatoms. The molecule has 176 valence electrons. The van der Waals surface area contributed by atoms with Crippen LogP contribution in [0.1, 0.15) is 42.4 Å². The first-order valence-electron chi connectivity index (χ1n) is 11.7. The minimum absolute atomic E-state index is 0.00649. The molecule has 1 amide bonds. The van der Waals surface area contributed by atoms with E-state index in [0.717, 1.165) is 34.0 Å². The van der Waals surface area contributed by atoms with Gasteiger partial charge in [0.25, 0.3) is 0 Å². The van der Waals surface area contributed by atoms with Gasteiger partial charge in [0, 0.05) is 41.6 Å². The molecule has 1 aliphatic rings. The molecule has 1 fully saturated rings. The van der Waals surface area contributed by atoms with Crippen molar-refractivity contribution in [3.8, 4) is 5.69 Å². The lowest BCUT2D eigenvalue weighted by Gasteiger charge is -2.29. The van der Waals surface area contributed by atoms with Crippen molar-refractivity contribution in [2.75, 3.05) is 10.2 Å². The Morgan fingerprint density at radius 2 is 1.83 bits per heavy atom. The van der Waals surface area contributed by atoms with Crippen molar-refractivity contribution in [1.82, 2.24) is 14.9 Å². The number of carbonyl (C=O) groups excluding carboxylic acids is 1. The van der Waals surface area contributed by atoms with Crippen LogP contribution in [0.25, 0.3) is 5.69 Å². The zero-order valence-corrected chi connectivity index (χ0v) is 20.5. The Labute approximate surface area is 210 Å². The average Bonchev–Trinajstić information content (AvgIpc) is 3.50. The van der Waals surface area contributed by atoms with Crippen LogP contribution < -0.4 is 15.5 Å². The lowest BCUT2D eigenvalue weighted by molar-refractivity contribution is -0.115. The number of carbonyl (C=O) groups is 1. The minimum atomic E-state index is -0.138. The number of thiocarbonyl (C=S) groups is 1. The molecule has 0 saturated carbocycles. The van der Waals surface area contributed by atoms with Gasteiger partial charge in [-0.2, -0.15) is 0 Å². The van der Waals surface area contributed by atoms with Crippen LogP contribution in [0, 0.1) is 6.92 Å². The fourth-order valence-corrected chi connectivity index (χ4v) is 4.91. The van der Waals surface area contributed by atoms with Crippen molar-refractivity contribution in [2.45, 2.75) is 32.4 Å². The maximum Gasteiger partial charge on any atom is 0.224 e. The summed E-state index contributed by atoms with van der Waals surface area (Å²) in [5, 5.41) is 7.13. The van der Waals surface area contributed by atoms with Gasteiger partial charge in [0.1, 0.15) is 6.04 Å². The highest BCUT2D eigenvalue weighted by atomic mass is 32.1. The van der Waals surface area contributed by atoms with Crippen LogP contribution >= 0.6 is 12.2 Å². The van der Waals surface area contributed by atoms with Crippen LogP contribution in [0.2, 0.25) is 0 Å². The third kappa shape index (κ3) is 4.42. The molecule has 0 radical (unpaired) electrons. The molecule has 3 heterocycles. The smallest absolute Gasteiger partial charge is 0.224 e.